The van der Waals surface area contributed by atoms with Crippen LogP contribution in [0.4, 0.5) is 4.79 Å². The smallest absolute Gasteiger partial charge is 0.410 e. The highest BCUT2D eigenvalue weighted by Gasteiger charge is 2.40. The van der Waals surface area contributed by atoms with Crippen LogP contribution in [-0.2, 0) is 14.3 Å². The summed E-state index contributed by atoms with van der Waals surface area (Å²) in [5, 5.41) is 0. The lowest BCUT2D eigenvalue weighted by Crippen LogP contribution is -2.44. The lowest BCUT2D eigenvalue weighted by molar-refractivity contribution is -0.141. The Bertz CT molecular complexity index is 422. The number of likely N-dealkylation sites (tertiary alicyclic amines) is 1. The lowest BCUT2D eigenvalue weighted by atomic mass is 10.1. The van der Waals surface area contributed by atoms with E-state index in [1.807, 2.05) is 20.8 Å². The third-order valence-electron chi connectivity index (χ3n) is 3.29. The molecule has 106 valence electrons. The van der Waals surface area contributed by atoms with Gasteiger partial charge in [-0.05, 0) is 46.6 Å². The second-order valence-electron chi connectivity index (χ2n) is 6.10. The molecule has 1 saturated heterocycles. The molecule has 1 amide bonds. The summed E-state index contributed by atoms with van der Waals surface area (Å²) in [6.07, 6.45) is 2.88. The number of hydrogen-bond acceptors (Lipinski definition) is 4. The Morgan fingerprint density at radius 2 is 2.16 bits per heavy atom. The molecule has 2 atom stereocenters. The molecular weight excluding hydrogens is 246 g/mol. The van der Waals surface area contributed by atoms with Crippen molar-refractivity contribution in [1.82, 2.24) is 4.90 Å². The molecule has 2 aliphatic rings. The summed E-state index contributed by atoms with van der Waals surface area (Å²) in [5.74, 6) is -0.291. The zero-order valence-electron chi connectivity index (χ0n) is 11.9. The van der Waals surface area contributed by atoms with E-state index in [1.165, 1.54) is 0 Å². The molecule has 0 aromatic heterocycles. The molecule has 0 radical (unpaired) electrons. The fraction of sp³-hybridized carbons (Fsp3) is 0.714. The van der Waals surface area contributed by atoms with Gasteiger partial charge in [-0.2, -0.15) is 0 Å². The second kappa shape index (κ2) is 4.87. The summed E-state index contributed by atoms with van der Waals surface area (Å²) in [5.41, 5.74) is 0.100. The van der Waals surface area contributed by atoms with Crippen molar-refractivity contribution < 1.29 is 19.1 Å². The van der Waals surface area contributed by atoms with Gasteiger partial charge in [-0.25, -0.2) is 9.59 Å². The minimum atomic E-state index is -0.512. The van der Waals surface area contributed by atoms with Crippen LogP contribution in [0.25, 0.3) is 0 Å². The zero-order valence-corrected chi connectivity index (χ0v) is 11.9. The summed E-state index contributed by atoms with van der Waals surface area (Å²) in [6.45, 7) is 7.91. The molecule has 5 heteroatoms. The van der Waals surface area contributed by atoms with Gasteiger partial charge in [-0.3, -0.25) is 0 Å². The maximum absolute atomic E-state index is 12.1. The van der Waals surface area contributed by atoms with E-state index in [0.29, 0.717) is 12.1 Å². The number of nitrogens with zero attached hydrogens (tertiary/aromatic N) is 1. The third-order valence-corrected chi connectivity index (χ3v) is 3.29. The summed E-state index contributed by atoms with van der Waals surface area (Å²) < 4.78 is 10.7. The molecule has 0 spiro atoms. The van der Waals surface area contributed by atoms with Gasteiger partial charge in [-0.15, -0.1) is 0 Å². The van der Waals surface area contributed by atoms with E-state index in [4.69, 9.17) is 9.47 Å². The van der Waals surface area contributed by atoms with Crippen molar-refractivity contribution in [3.05, 3.63) is 11.6 Å². The molecule has 0 saturated carbocycles. The Balaban J connectivity index is 2.06. The second-order valence-corrected chi connectivity index (χ2v) is 6.10. The summed E-state index contributed by atoms with van der Waals surface area (Å²) in [6, 6.07) is -0.101. The van der Waals surface area contributed by atoms with Gasteiger partial charge in [0, 0.05) is 12.1 Å². The Hall–Kier alpha value is -1.52. The first-order chi connectivity index (χ1) is 8.78. The molecule has 2 rings (SSSR count). The monoisotopic (exact) mass is 267 g/mol. The summed E-state index contributed by atoms with van der Waals surface area (Å²) >= 11 is 0. The Kier molecular flexibility index (Phi) is 3.56. The van der Waals surface area contributed by atoms with E-state index in [0.717, 1.165) is 12.8 Å². The predicted molar refractivity (Wildman–Crippen MR) is 69.6 cm³/mol. The molecular formula is C14H21NO4. The number of amides is 1. The van der Waals surface area contributed by atoms with E-state index in [1.54, 1.807) is 17.9 Å². The highest BCUT2D eigenvalue weighted by atomic mass is 16.6. The van der Waals surface area contributed by atoms with Crippen LogP contribution in [0.5, 0.6) is 0 Å². The van der Waals surface area contributed by atoms with Gasteiger partial charge in [0.05, 0.1) is 6.04 Å². The first-order valence-corrected chi connectivity index (χ1v) is 6.67. The van der Waals surface area contributed by atoms with E-state index in [9.17, 15) is 9.59 Å². The minimum absolute atomic E-state index is 0.101. The molecule has 2 aliphatic heterocycles. The van der Waals surface area contributed by atoms with Crippen molar-refractivity contribution in [3.63, 3.8) is 0 Å². The largest absolute Gasteiger partial charge is 0.453 e. The number of ether oxygens (including phenoxy) is 2. The van der Waals surface area contributed by atoms with Crippen LogP contribution in [0, 0.1) is 0 Å². The van der Waals surface area contributed by atoms with Gasteiger partial charge in [0.1, 0.15) is 11.7 Å². The van der Waals surface area contributed by atoms with Gasteiger partial charge in [0.25, 0.3) is 0 Å². The van der Waals surface area contributed by atoms with Crippen molar-refractivity contribution in [3.8, 4) is 0 Å². The van der Waals surface area contributed by atoms with E-state index < -0.39 is 5.60 Å². The SMILES string of the molecule is CC1=C[C@@H]([C@H]2CCCN2C(=O)OC(C)(C)C)OC1=O. The number of cyclic esters (lactones) is 1. The third kappa shape index (κ3) is 3.08. The maximum atomic E-state index is 12.1. The topological polar surface area (TPSA) is 55.8 Å². The van der Waals surface area contributed by atoms with Crippen molar-refractivity contribution in [2.45, 2.75) is 58.3 Å². The molecule has 1 fully saturated rings. The van der Waals surface area contributed by atoms with Crippen molar-refractivity contribution in [2.75, 3.05) is 6.54 Å². The number of hydrogen-bond donors (Lipinski definition) is 0. The molecule has 5 nitrogen and oxygen atoms in total. The number of carbonyl (C=O) groups is 2. The number of rotatable bonds is 1. The van der Waals surface area contributed by atoms with Crippen LogP contribution in [0.15, 0.2) is 11.6 Å². The Labute approximate surface area is 113 Å². The van der Waals surface area contributed by atoms with Crippen LogP contribution in [-0.4, -0.2) is 41.3 Å². The quantitative estimate of drug-likeness (QED) is 0.684. The van der Waals surface area contributed by atoms with Gasteiger partial charge < -0.3 is 14.4 Å². The summed E-state index contributed by atoms with van der Waals surface area (Å²) in [4.78, 5) is 25.2. The molecule has 0 unspecified atom stereocenters. The first kappa shape index (κ1) is 13.9. The maximum Gasteiger partial charge on any atom is 0.410 e. The standard InChI is InChI=1S/C14H21NO4/c1-9-8-11(18-12(9)16)10-6-5-7-15(10)13(17)19-14(2,3)4/h8,10-11H,5-7H2,1-4H3/t10-,11+/m1/s1. The number of esters is 1. The molecule has 0 aromatic carbocycles. The first-order valence-electron chi connectivity index (χ1n) is 6.67. The van der Waals surface area contributed by atoms with E-state index >= 15 is 0 Å². The van der Waals surface area contributed by atoms with Crippen molar-refractivity contribution >= 4 is 12.1 Å². The molecule has 0 aromatic rings. The average molecular weight is 267 g/mol. The van der Waals surface area contributed by atoms with E-state index in [-0.39, 0.29) is 24.2 Å². The molecule has 0 bridgehead atoms. The molecule has 2 heterocycles. The molecule has 19 heavy (non-hydrogen) atoms. The van der Waals surface area contributed by atoms with Crippen LogP contribution < -0.4 is 0 Å². The van der Waals surface area contributed by atoms with Crippen LogP contribution in [0.3, 0.4) is 0 Å². The van der Waals surface area contributed by atoms with Gasteiger partial charge in [-0.1, -0.05) is 0 Å². The van der Waals surface area contributed by atoms with Crippen LogP contribution in [0.1, 0.15) is 40.5 Å². The lowest BCUT2D eigenvalue weighted by Gasteiger charge is -2.30. The van der Waals surface area contributed by atoms with Crippen LogP contribution >= 0.6 is 0 Å². The van der Waals surface area contributed by atoms with E-state index in [2.05, 4.69) is 0 Å². The Morgan fingerprint density at radius 3 is 2.68 bits per heavy atom. The summed E-state index contributed by atoms with van der Waals surface area (Å²) in [7, 11) is 0. The van der Waals surface area contributed by atoms with Crippen molar-refractivity contribution in [2.24, 2.45) is 0 Å². The molecule has 0 aliphatic carbocycles. The normalized spacial score (nSPS) is 27.3. The molecule has 0 N–H and O–H groups in total. The fourth-order valence-corrected chi connectivity index (χ4v) is 2.44. The zero-order chi connectivity index (χ0) is 14.2. The van der Waals surface area contributed by atoms with Crippen molar-refractivity contribution in [1.29, 1.82) is 0 Å². The minimum Gasteiger partial charge on any atom is -0.453 e. The fourth-order valence-electron chi connectivity index (χ4n) is 2.44. The number of carbonyl (C=O) groups excluding carboxylic acids is 2. The van der Waals surface area contributed by atoms with Gasteiger partial charge in [0.2, 0.25) is 0 Å². The van der Waals surface area contributed by atoms with Gasteiger partial charge >= 0.3 is 12.1 Å². The highest BCUT2D eigenvalue weighted by molar-refractivity contribution is 5.90. The Morgan fingerprint density at radius 1 is 1.47 bits per heavy atom. The van der Waals surface area contributed by atoms with Crippen LogP contribution in [0.2, 0.25) is 0 Å². The van der Waals surface area contributed by atoms with Gasteiger partial charge in [0.15, 0.2) is 0 Å². The average Bonchev–Trinajstić information content (AvgIpc) is 2.83. The highest BCUT2D eigenvalue weighted by Crippen LogP contribution is 2.28. The predicted octanol–water partition coefficient (Wildman–Crippen LogP) is 2.26.